The summed E-state index contributed by atoms with van der Waals surface area (Å²) in [6.45, 7) is 11.3. The van der Waals surface area contributed by atoms with Gasteiger partial charge in [0.15, 0.2) is 0 Å². The van der Waals surface area contributed by atoms with Crippen LogP contribution in [0.2, 0.25) is 0 Å². The Bertz CT molecular complexity index is 297. The molecular formula is C14H27N3O. The predicted octanol–water partition coefficient (Wildman–Crippen LogP) is 0.973. The maximum Gasteiger partial charge on any atom is 0.237 e. The van der Waals surface area contributed by atoms with Crippen LogP contribution in [0.15, 0.2) is 0 Å². The molecule has 0 spiro atoms. The van der Waals surface area contributed by atoms with Gasteiger partial charge in [-0.15, -0.1) is 0 Å². The van der Waals surface area contributed by atoms with Crippen LogP contribution in [0.1, 0.15) is 40.5 Å². The zero-order valence-electron chi connectivity index (χ0n) is 12.1. The fraction of sp³-hybridized carbons (Fsp3) is 0.929. The van der Waals surface area contributed by atoms with E-state index in [9.17, 15) is 4.79 Å². The van der Waals surface area contributed by atoms with Crippen LogP contribution in [0.3, 0.4) is 0 Å². The van der Waals surface area contributed by atoms with Gasteiger partial charge in [-0.3, -0.25) is 9.69 Å². The van der Waals surface area contributed by atoms with E-state index in [0.717, 1.165) is 25.6 Å². The fourth-order valence-electron chi connectivity index (χ4n) is 3.04. The number of rotatable bonds is 2. The Morgan fingerprint density at radius 3 is 2.72 bits per heavy atom. The summed E-state index contributed by atoms with van der Waals surface area (Å²) < 4.78 is 0. The smallest absolute Gasteiger partial charge is 0.237 e. The number of nitrogens with zero attached hydrogens (tertiary/aromatic N) is 1. The first-order valence-corrected chi connectivity index (χ1v) is 7.16. The van der Waals surface area contributed by atoms with Gasteiger partial charge in [-0.25, -0.2) is 0 Å². The molecule has 18 heavy (non-hydrogen) atoms. The molecular weight excluding hydrogens is 226 g/mol. The minimum Gasteiger partial charge on any atom is -0.350 e. The summed E-state index contributed by atoms with van der Waals surface area (Å²) in [5.41, 5.74) is -0.143. The highest BCUT2D eigenvalue weighted by Gasteiger charge is 2.38. The van der Waals surface area contributed by atoms with Gasteiger partial charge >= 0.3 is 0 Å². The molecule has 0 saturated carbocycles. The minimum absolute atomic E-state index is 0.0170. The van der Waals surface area contributed by atoms with Crippen LogP contribution in [0, 0.1) is 5.92 Å². The van der Waals surface area contributed by atoms with Crippen LogP contribution >= 0.6 is 0 Å². The van der Waals surface area contributed by atoms with E-state index in [1.54, 1.807) is 0 Å². The second-order valence-corrected chi connectivity index (χ2v) is 6.83. The van der Waals surface area contributed by atoms with E-state index < -0.39 is 0 Å². The zero-order chi connectivity index (χ0) is 13.3. The molecule has 0 aromatic rings. The number of amides is 1. The van der Waals surface area contributed by atoms with E-state index >= 15 is 0 Å². The lowest BCUT2D eigenvalue weighted by atomic mass is 9.94. The summed E-state index contributed by atoms with van der Waals surface area (Å²) in [4.78, 5) is 14.5. The standard InChI is InChI=1S/C14H27N3O/c1-10(13(18)16-14(2,3)4)17-8-11-6-5-7-15-12(11)9-17/h10-12,15H,5-9H2,1-4H3,(H,16,18). The average molecular weight is 253 g/mol. The third-order valence-corrected chi connectivity index (χ3v) is 4.05. The van der Waals surface area contributed by atoms with Crippen molar-refractivity contribution < 1.29 is 4.79 Å². The van der Waals surface area contributed by atoms with Crippen molar-refractivity contribution in [1.29, 1.82) is 0 Å². The minimum atomic E-state index is -0.143. The first-order valence-electron chi connectivity index (χ1n) is 7.16. The van der Waals surface area contributed by atoms with Gasteiger partial charge in [0.05, 0.1) is 6.04 Å². The Kier molecular flexibility index (Phi) is 3.97. The SMILES string of the molecule is CC(C(=O)NC(C)(C)C)N1CC2CCCNC2C1. The number of carbonyl (C=O) groups excluding carboxylic acids is 1. The number of hydrogen-bond acceptors (Lipinski definition) is 3. The lowest BCUT2D eigenvalue weighted by Crippen LogP contribution is -2.50. The molecule has 4 nitrogen and oxygen atoms in total. The van der Waals surface area contributed by atoms with Gasteiger partial charge in [0, 0.05) is 24.7 Å². The summed E-state index contributed by atoms with van der Waals surface area (Å²) in [6.07, 6.45) is 2.58. The first-order chi connectivity index (χ1) is 8.37. The van der Waals surface area contributed by atoms with Crippen molar-refractivity contribution in [3.8, 4) is 0 Å². The number of nitrogens with one attached hydrogen (secondary N) is 2. The highest BCUT2D eigenvalue weighted by Crippen LogP contribution is 2.26. The Balaban J connectivity index is 1.90. The van der Waals surface area contributed by atoms with Gasteiger partial charge in [0.2, 0.25) is 5.91 Å². The predicted molar refractivity (Wildman–Crippen MR) is 73.4 cm³/mol. The molecule has 1 amide bonds. The molecule has 4 heteroatoms. The molecule has 0 aromatic heterocycles. The van der Waals surface area contributed by atoms with Crippen LogP contribution in [-0.4, -0.2) is 48.1 Å². The van der Waals surface area contributed by atoms with Crippen molar-refractivity contribution in [3.05, 3.63) is 0 Å². The molecule has 2 saturated heterocycles. The number of fused-ring (bicyclic) bond motifs is 1. The van der Waals surface area contributed by atoms with Crippen LogP contribution in [-0.2, 0) is 4.79 Å². The normalized spacial score (nSPS) is 30.9. The van der Waals surface area contributed by atoms with Crippen molar-refractivity contribution in [3.63, 3.8) is 0 Å². The Morgan fingerprint density at radius 2 is 2.11 bits per heavy atom. The van der Waals surface area contributed by atoms with E-state index in [0.29, 0.717) is 6.04 Å². The fourth-order valence-corrected chi connectivity index (χ4v) is 3.04. The number of piperidine rings is 1. The molecule has 0 radical (unpaired) electrons. The summed E-state index contributed by atoms with van der Waals surface area (Å²) >= 11 is 0. The summed E-state index contributed by atoms with van der Waals surface area (Å²) in [5.74, 6) is 0.893. The molecule has 0 aromatic carbocycles. The van der Waals surface area contributed by atoms with E-state index in [-0.39, 0.29) is 17.5 Å². The molecule has 3 atom stereocenters. The quantitative estimate of drug-likeness (QED) is 0.771. The maximum atomic E-state index is 12.2. The highest BCUT2D eigenvalue weighted by molar-refractivity contribution is 5.82. The van der Waals surface area contributed by atoms with Gasteiger partial charge in [0.1, 0.15) is 0 Å². The number of hydrogen-bond donors (Lipinski definition) is 2. The first kappa shape index (κ1) is 13.8. The monoisotopic (exact) mass is 253 g/mol. The van der Waals surface area contributed by atoms with E-state index in [4.69, 9.17) is 0 Å². The van der Waals surface area contributed by atoms with Crippen molar-refractivity contribution in [2.75, 3.05) is 19.6 Å². The number of likely N-dealkylation sites (tertiary alicyclic amines) is 1. The molecule has 0 aliphatic carbocycles. The second kappa shape index (κ2) is 5.17. The molecule has 2 fully saturated rings. The third kappa shape index (κ3) is 3.23. The second-order valence-electron chi connectivity index (χ2n) is 6.83. The van der Waals surface area contributed by atoms with Gasteiger partial charge in [-0.1, -0.05) is 0 Å². The molecule has 2 heterocycles. The Morgan fingerprint density at radius 1 is 1.39 bits per heavy atom. The molecule has 2 N–H and O–H groups in total. The van der Waals surface area contributed by atoms with E-state index in [1.807, 2.05) is 27.7 Å². The van der Waals surface area contributed by atoms with Gasteiger partial charge in [0.25, 0.3) is 0 Å². The average Bonchev–Trinajstić information content (AvgIpc) is 2.68. The Labute approximate surface area is 110 Å². The largest absolute Gasteiger partial charge is 0.350 e. The third-order valence-electron chi connectivity index (χ3n) is 4.05. The molecule has 2 rings (SSSR count). The van der Waals surface area contributed by atoms with Gasteiger partial charge < -0.3 is 10.6 Å². The van der Waals surface area contributed by atoms with Crippen molar-refractivity contribution in [2.45, 2.75) is 58.2 Å². The summed E-state index contributed by atoms with van der Waals surface area (Å²) in [5, 5.41) is 6.66. The molecule has 2 aliphatic heterocycles. The lowest BCUT2D eigenvalue weighted by Gasteiger charge is -2.28. The number of carbonyl (C=O) groups is 1. The van der Waals surface area contributed by atoms with Gasteiger partial charge in [-0.2, -0.15) is 0 Å². The molecule has 104 valence electrons. The van der Waals surface area contributed by atoms with E-state index in [1.165, 1.54) is 12.8 Å². The van der Waals surface area contributed by atoms with Crippen LogP contribution in [0.4, 0.5) is 0 Å². The van der Waals surface area contributed by atoms with E-state index in [2.05, 4.69) is 15.5 Å². The summed E-state index contributed by atoms with van der Waals surface area (Å²) in [6, 6.07) is 0.584. The highest BCUT2D eigenvalue weighted by atomic mass is 16.2. The topological polar surface area (TPSA) is 44.4 Å². The maximum absolute atomic E-state index is 12.2. The van der Waals surface area contributed by atoms with Crippen LogP contribution < -0.4 is 10.6 Å². The van der Waals surface area contributed by atoms with Crippen molar-refractivity contribution in [2.24, 2.45) is 5.92 Å². The van der Waals surface area contributed by atoms with Crippen molar-refractivity contribution >= 4 is 5.91 Å². The molecule has 3 unspecified atom stereocenters. The van der Waals surface area contributed by atoms with Crippen molar-refractivity contribution in [1.82, 2.24) is 15.5 Å². The molecule has 0 bridgehead atoms. The van der Waals surface area contributed by atoms with Crippen LogP contribution in [0.5, 0.6) is 0 Å². The summed E-state index contributed by atoms with van der Waals surface area (Å²) in [7, 11) is 0. The van der Waals surface area contributed by atoms with Gasteiger partial charge in [-0.05, 0) is 53.0 Å². The molecule has 2 aliphatic rings. The van der Waals surface area contributed by atoms with Crippen LogP contribution in [0.25, 0.3) is 0 Å². The lowest BCUT2D eigenvalue weighted by molar-refractivity contribution is -0.127. The zero-order valence-corrected chi connectivity index (χ0v) is 12.1. The Hall–Kier alpha value is -0.610.